The Morgan fingerprint density at radius 2 is 2.00 bits per heavy atom. The highest BCUT2D eigenvalue weighted by molar-refractivity contribution is 7.13. The highest BCUT2D eigenvalue weighted by atomic mass is 32.1. The molecule has 0 spiro atoms. The fourth-order valence-electron chi connectivity index (χ4n) is 3.55. The summed E-state index contributed by atoms with van der Waals surface area (Å²) in [6.45, 7) is 5.64. The highest BCUT2D eigenvalue weighted by Crippen LogP contribution is 2.40. The first-order valence-electron chi connectivity index (χ1n) is 9.64. The molecule has 1 amide bonds. The van der Waals surface area contributed by atoms with Gasteiger partial charge in [-0.15, -0.1) is 11.3 Å². The molecule has 2 heterocycles. The molecule has 0 atom stereocenters. The molecule has 1 N–H and O–H groups in total. The number of halogens is 1. The van der Waals surface area contributed by atoms with Crippen LogP contribution in [0.5, 0.6) is 5.75 Å². The van der Waals surface area contributed by atoms with E-state index in [1.54, 1.807) is 25.5 Å². The summed E-state index contributed by atoms with van der Waals surface area (Å²) in [5.74, 6) is 0.0760. The van der Waals surface area contributed by atoms with Crippen molar-refractivity contribution in [2.45, 2.75) is 20.8 Å². The third-order valence-electron chi connectivity index (χ3n) is 5.02. The monoisotopic (exact) mass is 436 g/mol. The summed E-state index contributed by atoms with van der Waals surface area (Å²) < 4.78 is 24.8. The maximum Gasteiger partial charge on any atom is 0.250 e. The third kappa shape index (κ3) is 4.09. The molecule has 2 aromatic heterocycles. The number of benzene rings is 2. The van der Waals surface area contributed by atoms with Crippen molar-refractivity contribution in [3.05, 3.63) is 70.7 Å². The topological polar surface area (TPSA) is 64.4 Å². The maximum absolute atomic E-state index is 13.4. The number of carbonyl (C=O) groups is 1. The number of rotatable bonds is 5. The van der Waals surface area contributed by atoms with Gasteiger partial charge in [0.25, 0.3) is 0 Å². The van der Waals surface area contributed by atoms with Crippen LogP contribution in [-0.2, 0) is 4.79 Å². The van der Waals surface area contributed by atoms with Gasteiger partial charge in [0.2, 0.25) is 5.91 Å². The van der Waals surface area contributed by atoms with Gasteiger partial charge in [-0.25, -0.2) is 9.37 Å². The van der Waals surface area contributed by atoms with Gasteiger partial charge in [0.1, 0.15) is 17.1 Å². The second kappa shape index (κ2) is 8.35. The van der Waals surface area contributed by atoms with Crippen LogP contribution < -0.4 is 10.1 Å². The minimum atomic E-state index is -0.296. The Kier molecular flexibility index (Phi) is 5.61. The minimum Gasteiger partial charge on any atom is -0.496 e. The average Bonchev–Trinajstić information content (AvgIpc) is 3.34. The van der Waals surface area contributed by atoms with Crippen LogP contribution in [0.3, 0.4) is 0 Å². The molecule has 4 rings (SSSR count). The van der Waals surface area contributed by atoms with Crippen LogP contribution in [0.1, 0.15) is 23.7 Å². The van der Waals surface area contributed by atoms with E-state index in [4.69, 9.17) is 9.15 Å². The number of aryl methyl sites for hydroxylation is 2. The number of hydrogen-bond donors (Lipinski definition) is 1. The average molecular weight is 437 g/mol. The number of nitrogens with zero attached hydrogens (tertiary/aromatic N) is 1. The Hall–Kier alpha value is -3.45. The molecule has 5 nitrogen and oxygen atoms in total. The Bertz CT molecular complexity index is 1300. The number of thiazole rings is 1. The molecule has 4 aromatic rings. The molecule has 0 aliphatic carbocycles. The molecule has 7 heteroatoms. The van der Waals surface area contributed by atoms with Crippen LogP contribution in [-0.4, -0.2) is 18.0 Å². The lowest BCUT2D eigenvalue weighted by atomic mass is 9.96. The Morgan fingerprint density at radius 1 is 1.26 bits per heavy atom. The number of allylic oxidation sites excluding steroid dienone is 1. The Morgan fingerprint density at radius 3 is 2.65 bits per heavy atom. The summed E-state index contributed by atoms with van der Waals surface area (Å²) in [5.41, 5.74) is 5.58. The molecule has 0 fully saturated rings. The molecule has 0 aliphatic heterocycles. The molecular weight excluding hydrogens is 415 g/mol. The van der Waals surface area contributed by atoms with Gasteiger partial charge < -0.3 is 9.15 Å². The number of methoxy groups -OCH3 is 1. The number of amides is 1. The zero-order valence-electron chi connectivity index (χ0n) is 17.6. The van der Waals surface area contributed by atoms with Crippen molar-refractivity contribution in [2.75, 3.05) is 12.4 Å². The predicted molar refractivity (Wildman–Crippen MR) is 122 cm³/mol. The van der Waals surface area contributed by atoms with Gasteiger partial charge in [-0.05, 0) is 50.1 Å². The number of carbonyl (C=O) groups excluding carboxylic acids is 1. The van der Waals surface area contributed by atoms with Crippen LogP contribution >= 0.6 is 11.3 Å². The van der Waals surface area contributed by atoms with E-state index >= 15 is 0 Å². The summed E-state index contributed by atoms with van der Waals surface area (Å²) in [7, 11) is 1.59. The number of furan rings is 1. The number of hydrogen-bond acceptors (Lipinski definition) is 5. The van der Waals surface area contributed by atoms with E-state index < -0.39 is 0 Å². The summed E-state index contributed by atoms with van der Waals surface area (Å²) in [6.07, 6.45) is 3.18. The quantitative estimate of drug-likeness (QED) is 0.370. The lowest BCUT2D eigenvalue weighted by molar-refractivity contribution is -0.111. The first-order chi connectivity index (χ1) is 14.9. The highest BCUT2D eigenvalue weighted by Gasteiger charge is 2.19. The molecule has 31 heavy (non-hydrogen) atoms. The van der Waals surface area contributed by atoms with Crippen LogP contribution in [0.15, 0.2) is 52.5 Å². The van der Waals surface area contributed by atoms with E-state index in [9.17, 15) is 9.18 Å². The van der Waals surface area contributed by atoms with Crippen molar-refractivity contribution in [3.8, 4) is 16.9 Å². The van der Waals surface area contributed by atoms with E-state index in [-0.39, 0.29) is 11.7 Å². The molecule has 158 valence electrons. The summed E-state index contributed by atoms with van der Waals surface area (Å²) in [6, 6.07) is 8.20. The zero-order chi connectivity index (χ0) is 22.1. The Labute approximate surface area is 183 Å². The molecule has 0 bridgehead atoms. The lowest BCUT2D eigenvalue weighted by Gasteiger charge is -2.13. The fraction of sp³-hybridized carbons (Fsp3) is 0.167. The smallest absolute Gasteiger partial charge is 0.250 e. The first kappa shape index (κ1) is 20.8. The summed E-state index contributed by atoms with van der Waals surface area (Å²) in [4.78, 5) is 16.8. The van der Waals surface area contributed by atoms with E-state index in [0.717, 1.165) is 38.9 Å². The van der Waals surface area contributed by atoms with E-state index in [1.165, 1.54) is 29.5 Å². The van der Waals surface area contributed by atoms with Gasteiger partial charge in [-0.3, -0.25) is 10.1 Å². The van der Waals surface area contributed by atoms with Crippen LogP contribution in [0.4, 0.5) is 9.52 Å². The normalized spacial score (nSPS) is 11.7. The minimum absolute atomic E-state index is 0.266. The third-order valence-corrected chi connectivity index (χ3v) is 5.90. The van der Waals surface area contributed by atoms with E-state index in [1.807, 2.05) is 32.2 Å². The second-order valence-electron chi connectivity index (χ2n) is 7.23. The van der Waals surface area contributed by atoms with Crippen molar-refractivity contribution >= 4 is 38.9 Å². The zero-order valence-corrected chi connectivity index (χ0v) is 18.4. The predicted octanol–water partition coefficient (Wildman–Crippen LogP) is 6.36. The number of aromatic nitrogens is 1. The molecule has 0 radical (unpaired) electrons. The number of anilines is 1. The molecule has 0 saturated heterocycles. The van der Waals surface area contributed by atoms with Gasteiger partial charge >= 0.3 is 0 Å². The van der Waals surface area contributed by atoms with Gasteiger partial charge in [0.15, 0.2) is 5.13 Å². The van der Waals surface area contributed by atoms with Crippen molar-refractivity contribution in [1.82, 2.24) is 4.98 Å². The Balaban J connectivity index is 1.77. The molecule has 0 saturated carbocycles. The van der Waals surface area contributed by atoms with Crippen molar-refractivity contribution < 1.29 is 18.3 Å². The van der Waals surface area contributed by atoms with Crippen molar-refractivity contribution in [1.29, 1.82) is 0 Å². The second-order valence-corrected chi connectivity index (χ2v) is 8.08. The summed E-state index contributed by atoms with van der Waals surface area (Å²) >= 11 is 1.38. The largest absolute Gasteiger partial charge is 0.496 e. The number of fused-ring (bicyclic) bond motifs is 1. The summed E-state index contributed by atoms with van der Waals surface area (Å²) in [5, 5.41) is 6.08. The standard InChI is InChI=1S/C24H21FN2O3S/c1-13(9-21(28)27-24-26-14(2)12-31-24)18-10-19-20(16-5-7-17(25)8-6-16)11-30-23(19)15(3)22(18)29-4/h5-12H,1-4H3,(H,26,27,28)/b13-9+. The van der Waals surface area contributed by atoms with Crippen LogP contribution in [0, 0.1) is 19.7 Å². The molecule has 2 aromatic carbocycles. The number of nitrogens with one attached hydrogen (secondary N) is 1. The van der Waals surface area contributed by atoms with Crippen LogP contribution in [0.2, 0.25) is 0 Å². The molecule has 0 aliphatic rings. The lowest BCUT2D eigenvalue weighted by Crippen LogP contribution is -2.08. The number of ether oxygens (including phenoxy) is 1. The molecular formula is C24H21FN2O3S. The van der Waals surface area contributed by atoms with Gasteiger partial charge in [0.05, 0.1) is 19.1 Å². The van der Waals surface area contributed by atoms with Gasteiger partial charge in [0, 0.05) is 33.5 Å². The van der Waals surface area contributed by atoms with Gasteiger partial charge in [-0.2, -0.15) is 0 Å². The van der Waals surface area contributed by atoms with Crippen molar-refractivity contribution in [2.24, 2.45) is 0 Å². The fourth-order valence-corrected chi connectivity index (χ4v) is 4.24. The first-order valence-corrected chi connectivity index (χ1v) is 10.5. The molecule has 0 unspecified atom stereocenters. The van der Waals surface area contributed by atoms with E-state index in [2.05, 4.69) is 10.3 Å². The SMILES string of the molecule is COc1c(/C(C)=C/C(=O)Nc2nc(C)cs2)cc2c(-c3ccc(F)cc3)coc2c1C. The van der Waals surface area contributed by atoms with E-state index in [0.29, 0.717) is 16.5 Å². The van der Waals surface area contributed by atoms with Crippen molar-refractivity contribution in [3.63, 3.8) is 0 Å². The van der Waals surface area contributed by atoms with Gasteiger partial charge in [-0.1, -0.05) is 12.1 Å². The maximum atomic E-state index is 13.4. The van der Waals surface area contributed by atoms with Crippen LogP contribution in [0.25, 0.3) is 27.7 Å².